The summed E-state index contributed by atoms with van der Waals surface area (Å²) >= 11 is 0. The van der Waals surface area contributed by atoms with Gasteiger partial charge in [0, 0.05) is 17.2 Å². The van der Waals surface area contributed by atoms with Crippen molar-refractivity contribution < 1.29 is 18.6 Å². The van der Waals surface area contributed by atoms with Crippen LogP contribution in [-0.2, 0) is 11.2 Å². The number of nitrogens with zero attached hydrogens (tertiary/aromatic N) is 3. The molecule has 3 aromatic rings. The third-order valence-electron chi connectivity index (χ3n) is 3.81. The first-order valence-electron chi connectivity index (χ1n) is 8.05. The molecule has 1 aromatic heterocycles. The summed E-state index contributed by atoms with van der Waals surface area (Å²) in [7, 11) is 0. The summed E-state index contributed by atoms with van der Waals surface area (Å²) in [5.74, 6) is -0.513. The molecule has 3 rings (SSSR count). The second kappa shape index (κ2) is 7.73. The zero-order valence-corrected chi connectivity index (χ0v) is 14.3. The van der Waals surface area contributed by atoms with Crippen LogP contribution in [0, 0.1) is 15.9 Å². The van der Waals surface area contributed by atoms with Gasteiger partial charge in [0.25, 0.3) is 5.69 Å². The third-order valence-corrected chi connectivity index (χ3v) is 3.81. The average molecular weight is 370 g/mol. The predicted octanol–water partition coefficient (Wildman–Crippen LogP) is 3.20. The van der Waals surface area contributed by atoms with Crippen LogP contribution in [-0.4, -0.2) is 21.0 Å². The summed E-state index contributed by atoms with van der Waals surface area (Å²) in [6.07, 6.45) is -0.160. The molecule has 138 valence electrons. The molecule has 27 heavy (non-hydrogen) atoms. The Morgan fingerprint density at radius 3 is 2.81 bits per heavy atom. The van der Waals surface area contributed by atoms with Gasteiger partial charge in [-0.3, -0.25) is 14.9 Å². The van der Waals surface area contributed by atoms with Crippen molar-refractivity contribution in [1.82, 2.24) is 15.5 Å². The van der Waals surface area contributed by atoms with Crippen LogP contribution in [0.1, 0.15) is 24.4 Å². The van der Waals surface area contributed by atoms with Crippen LogP contribution >= 0.6 is 0 Å². The average Bonchev–Trinajstić information content (AvgIpc) is 3.12. The Labute approximate surface area is 153 Å². The number of halogens is 1. The molecule has 0 aliphatic heterocycles. The highest BCUT2D eigenvalue weighted by Gasteiger charge is 2.20. The number of nitrogens with one attached hydrogen (secondary N) is 1. The van der Waals surface area contributed by atoms with E-state index in [0.717, 1.165) is 0 Å². The number of amides is 1. The van der Waals surface area contributed by atoms with Gasteiger partial charge in [0.2, 0.25) is 17.6 Å². The van der Waals surface area contributed by atoms with Crippen LogP contribution in [0.25, 0.3) is 11.4 Å². The third kappa shape index (κ3) is 4.32. The van der Waals surface area contributed by atoms with Crippen LogP contribution in [0.2, 0.25) is 0 Å². The van der Waals surface area contributed by atoms with E-state index in [1.165, 1.54) is 36.4 Å². The van der Waals surface area contributed by atoms with Crippen LogP contribution < -0.4 is 5.32 Å². The first-order chi connectivity index (χ1) is 12.9. The molecule has 1 amide bonds. The van der Waals surface area contributed by atoms with Crippen LogP contribution in [0.5, 0.6) is 0 Å². The lowest BCUT2D eigenvalue weighted by molar-refractivity contribution is -0.385. The van der Waals surface area contributed by atoms with E-state index in [2.05, 4.69) is 15.5 Å². The van der Waals surface area contributed by atoms with Gasteiger partial charge in [-0.2, -0.15) is 4.98 Å². The quantitative estimate of drug-likeness (QED) is 0.527. The summed E-state index contributed by atoms with van der Waals surface area (Å²) in [4.78, 5) is 26.9. The molecule has 1 heterocycles. The van der Waals surface area contributed by atoms with Crippen molar-refractivity contribution in [3.63, 3.8) is 0 Å². The van der Waals surface area contributed by atoms with Crippen molar-refractivity contribution in [3.8, 4) is 11.4 Å². The van der Waals surface area contributed by atoms with Crippen molar-refractivity contribution in [1.29, 1.82) is 0 Å². The van der Waals surface area contributed by atoms with E-state index in [-0.39, 0.29) is 23.8 Å². The summed E-state index contributed by atoms with van der Waals surface area (Å²) in [6.45, 7) is 1.64. The molecule has 0 spiro atoms. The van der Waals surface area contributed by atoms with Crippen molar-refractivity contribution in [2.75, 3.05) is 0 Å². The Hall–Kier alpha value is -3.62. The minimum absolute atomic E-state index is 0.119. The second-order valence-electron chi connectivity index (χ2n) is 5.82. The molecule has 2 aromatic carbocycles. The highest BCUT2D eigenvalue weighted by atomic mass is 19.1. The fourth-order valence-corrected chi connectivity index (χ4v) is 2.52. The van der Waals surface area contributed by atoms with Gasteiger partial charge in [-0.05, 0) is 19.1 Å². The zero-order valence-electron chi connectivity index (χ0n) is 14.3. The fourth-order valence-electron chi connectivity index (χ4n) is 2.52. The largest absolute Gasteiger partial charge is 0.344 e. The van der Waals surface area contributed by atoms with E-state index in [4.69, 9.17) is 4.52 Å². The molecule has 0 radical (unpaired) electrons. The van der Waals surface area contributed by atoms with E-state index in [0.29, 0.717) is 11.1 Å². The van der Waals surface area contributed by atoms with Gasteiger partial charge in [-0.1, -0.05) is 35.5 Å². The highest BCUT2D eigenvalue weighted by Crippen LogP contribution is 2.21. The molecule has 0 saturated heterocycles. The fraction of sp³-hybridized carbons (Fsp3) is 0.167. The van der Waals surface area contributed by atoms with Gasteiger partial charge < -0.3 is 9.84 Å². The summed E-state index contributed by atoms with van der Waals surface area (Å²) in [6, 6.07) is 11.1. The number of benzene rings is 2. The van der Waals surface area contributed by atoms with Crippen molar-refractivity contribution >= 4 is 11.6 Å². The monoisotopic (exact) mass is 370 g/mol. The Kier molecular flexibility index (Phi) is 5.20. The predicted molar refractivity (Wildman–Crippen MR) is 93.1 cm³/mol. The first kappa shape index (κ1) is 18.2. The molecule has 0 saturated carbocycles. The number of aromatic nitrogens is 2. The minimum Gasteiger partial charge on any atom is -0.344 e. The SMILES string of the molecule is C[C@H](NC(=O)Cc1ccccc1[N+](=O)[O-])c1nc(-c2cccc(F)c2)no1. The van der Waals surface area contributed by atoms with Gasteiger partial charge in [-0.15, -0.1) is 0 Å². The Balaban J connectivity index is 1.68. The van der Waals surface area contributed by atoms with E-state index < -0.39 is 22.7 Å². The van der Waals surface area contributed by atoms with Crippen molar-refractivity contribution in [2.24, 2.45) is 0 Å². The Bertz CT molecular complexity index is 989. The number of para-hydroxylation sites is 1. The van der Waals surface area contributed by atoms with Gasteiger partial charge in [0.1, 0.15) is 11.9 Å². The van der Waals surface area contributed by atoms with Crippen LogP contribution in [0.15, 0.2) is 53.1 Å². The van der Waals surface area contributed by atoms with Crippen molar-refractivity contribution in [2.45, 2.75) is 19.4 Å². The van der Waals surface area contributed by atoms with Crippen LogP contribution in [0.4, 0.5) is 10.1 Å². The van der Waals surface area contributed by atoms with E-state index in [1.54, 1.807) is 19.1 Å². The molecule has 0 bridgehead atoms. The van der Waals surface area contributed by atoms with E-state index in [1.807, 2.05) is 0 Å². The number of carbonyl (C=O) groups is 1. The lowest BCUT2D eigenvalue weighted by Gasteiger charge is -2.09. The van der Waals surface area contributed by atoms with Crippen molar-refractivity contribution in [3.05, 3.63) is 75.9 Å². The summed E-state index contributed by atoms with van der Waals surface area (Å²) < 4.78 is 18.4. The Morgan fingerprint density at radius 2 is 2.07 bits per heavy atom. The lowest BCUT2D eigenvalue weighted by atomic mass is 10.1. The summed E-state index contributed by atoms with van der Waals surface area (Å²) in [5.41, 5.74) is 0.632. The molecule has 1 N–H and O–H groups in total. The number of nitro groups is 1. The maximum atomic E-state index is 13.3. The van der Waals surface area contributed by atoms with Gasteiger partial charge in [0.05, 0.1) is 11.3 Å². The maximum absolute atomic E-state index is 13.3. The first-order valence-corrected chi connectivity index (χ1v) is 8.05. The molecule has 0 aliphatic rings. The number of carbonyl (C=O) groups excluding carboxylic acids is 1. The number of rotatable bonds is 6. The lowest BCUT2D eigenvalue weighted by Crippen LogP contribution is -2.28. The van der Waals surface area contributed by atoms with Crippen LogP contribution in [0.3, 0.4) is 0 Å². The number of hydrogen-bond donors (Lipinski definition) is 1. The zero-order chi connectivity index (χ0) is 19.4. The maximum Gasteiger partial charge on any atom is 0.273 e. The Morgan fingerprint density at radius 1 is 1.30 bits per heavy atom. The van der Waals surface area contributed by atoms with Gasteiger partial charge in [0.15, 0.2) is 0 Å². The van der Waals surface area contributed by atoms with Gasteiger partial charge in [-0.25, -0.2) is 4.39 Å². The smallest absolute Gasteiger partial charge is 0.273 e. The normalized spacial score (nSPS) is 11.8. The molecule has 0 aliphatic carbocycles. The van der Waals surface area contributed by atoms with E-state index in [9.17, 15) is 19.3 Å². The molecule has 8 nitrogen and oxygen atoms in total. The molecular weight excluding hydrogens is 355 g/mol. The minimum atomic E-state index is -0.616. The van der Waals surface area contributed by atoms with Gasteiger partial charge >= 0.3 is 0 Å². The molecular formula is C18H15FN4O4. The number of nitro benzene ring substituents is 1. The number of hydrogen-bond acceptors (Lipinski definition) is 6. The van der Waals surface area contributed by atoms with E-state index >= 15 is 0 Å². The standard InChI is InChI=1S/C18H15FN4O4/c1-11(18-21-17(22-27-18)13-6-4-7-14(19)9-13)20-16(24)10-12-5-2-3-8-15(12)23(25)26/h2-9,11H,10H2,1H3,(H,20,24)/t11-/m0/s1. The molecule has 0 fully saturated rings. The highest BCUT2D eigenvalue weighted by molar-refractivity contribution is 5.80. The molecule has 0 unspecified atom stereocenters. The summed E-state index contributed by atoms with van der Waals surface area (Å²) in [5, 5.41) is 17.5. The second-order valence-corrected chi connectivity index (χ2v) is 5.82. The molecule has 9 heteroatoms. The molecule has 1 atom stereocenters. The topological polar surface area (TPSA) is 111 Å².